The minimum atomic E-state index is -4.07. The minimum absolute atomic E-state index is 0.00190. The van der Waals surface area contributed by atoms with Gasteiger partial charge in [-0.25, -0.2) is 12.8 Å². The lowest BCUT2D eigenvalue weighted by Gasteiger charge is -2.27. The van der Waals surface area contributed by atoms with Crippen molar-refractivity contribution < 1.29 is 17.6 Å². The number of amides is 1. The fraction of sp³-hybridized carbons (Fsp3) is 0.0741. The number of sulfonamides is 1. The predicted octanol–water partition coefficient (Wildman–Crippen LogP) is 6.44. The molecule has 8 heteroatoms. The third-order valence-electron chi connectivity index (χ3n) is 5.39. The molecular weight excluding hydrogens is 487 g/mol. The summed E-state index contributed by atoms with van der Waals surface area (Å²) in [4.78, 5) is 13.3. The molecule has 0 unspecified atom stereocenters. The first-order valence-electron chi connectivity index (χ1n) is 10.7. The van der Waals surface area contributed by atoms with Crippen molar-refractivity contribution in [3.63, 3.8) is 0 Å². The third kappa shape index (κ3) is 5.53. The number of para-hydroxylation sites is 2. The molecule has 0 heterocycles. The van der Waals surface area contributed by atoms with Gasteiger partial charge in [0.25, 0.3) is 15.9 Å². The van der Waals surface area contributed by atoms with Crippen molar-refractivity contribution in [2.45, 2.75) is 18.4 Å². The van der Waals surface area contributed by atoms with Gasteiger partial charge in [-0.1, -0.05) is 65.7 Å². The van der Waals surface area contributed by atoms with Crippen molar-refractivity contribution >= 4 is 38.9 Å². The smallest absolute Gasteiger partial charge is 0.264 e. The quantitative estimate of drug-likeness (QED) is 0.312. The zero-order valence-corrected chi connectivity index (χ0v) is 20.4. The molecule has 0 aliphatic rings. The number of aryl methyl sites for hydroxylation is 1. The Labute approximate surface area is 208 Å². The Morgan fingerprint density at radius 2 is 1.51 bits per heavy atom. The van der Waals surface area contributed by atoms with Gasteiger partial charge in [-0.05, 0) is 61.0 Å². The number of carbonyl (C=O) groups is 1. The Bertz CT molecular complexity index is 1460. The van der Waals surface area contributed by atoms with Crippen LogP contribution in [-0.4, -0.2) is 14.3 Å². The summed E-state index contributed by atoms with van der Waals surface area (Å²) < 4.78 is 43.0. The molecule has 4 rings (SSSR count). The molecule has 4 aromatic rings. The van der Waals surface area contributed by atoms with Crippen LogP contribution in [0.25, 0.3) is 0 Å². The van der Waals surface area contributed by atoms with Crippen LogP contribution in [-0.2, 0) is 16.6 Å². The largest absolute Gasteiger partial charge is 0.319 e. The van der Waals surface area contributed by atoms with Gasteiger partial charge in [-0.15, -0.1) is 0 Å². The van der Waals surface area contributed by atoms with E-state index in [0.717, 1.165) is 5.56 Å². The summed E-state index contributed by atoms with van der Waals surface area (Å²) in [6.07, 6.45) is 0. The first-order valence-corrected chi connectivity index (χ1v) is 12.6. The SMILES string of the molecule is Cc1ccc(S(=O)(=O)N(Cc2ccc(Cl)cc2)c2ccccc2C(=O)Nc2ccccc2F)cc1. The summed E-state index contributed by atoms with van der Waals surface area (Å²) in [6.45, 7) is 1.82. The van der Waals surface area contributed by atoms with E-state index in [-0.39, 0.29) is 28.4 Å². The highest BCUT2D eigenvalue weighted by Crippen LogP contribution is 2.30. The molecule has 0 aromatic heterocycles. The van der Waals surface area contributed by atoms with Crippen molar-refractivity contribution in [2.24, 2.45) is 0 Å². The Kier molecular flexibility index (Phi) is 7.19. The average molecular weight is 509 g/mol. The Hall–Kier alpha value is -3.68. The number of carbonyl (C=O) groups excluding carboxylic acids is 1. The fourth-order valence-electron chi connectivity index (χ4n) is 3.53. The van der Waals surface area contributed by atoms with E-state index in [9.17, 15) is 17.6 Å². The molecule has 0 saturated carbocycles. The standard InChI is InChI=1S/C27H22ClFN2O3S/c1-19-10-16-22(17-11-19)35(33,34)31(18-20-12-14-21(28)15-13-20)26-9-5-2-6-23(26)27(32)30-25-8-4-3-7-24(25)29/h2-17H,18H2,1H3,(H,30,32). The van der Waals surface area contributed by atoms with E-state index in [4.69, 9.17) is 11.6 Å². The summed E-state index contributed by atoms with van der Waals surface area (Å²) in [6, 6.07) is 25.4. The van der Waals surface area contributed by atoms with Crippen LogP contribution in [0.2, 0.25) is 5.02 Å². The Morgan fingerprint density at radius 1 is 0.886 bits per heavy atom. The van der Waals surface area contributed by atoms with Crippen molar-refractivity contribution in [3.8, 4) is 0 Å². The van der Waals surface area contributed by atoms with Crippen LogP contribution in [0.15, 0.2) is 102 Å². The van der Waals surface area contributed by atoms with Crippen molar-refractivity contribution in [1.29, 1.82) is 0 Å². The van der Waals surface area contributed by atoms with Gasteiger partial charge in [0.15, 0.2) is 0 Å². The van der Waals surface area contributed by atoms with Gasteiger partial charge in [0, 0.05) is 5.02 Å². The van der Waals surface area contributed by atoms with Crippen LogP contribution >= 0.6 is 11.6 Å². The first-order chi connectivity index (χ1) is 16.8. The predicted molar refractivity (Wildman–Crippen MR) is 137 cm³/mol. The van der Waals surface area contributed by atoms with Crippen LogP contribution in [0.1, 0.15) is 21.5 Å². The topological polar surface area (TPSA) is 66.5 Å². The number of rotatable bonds is 7. The third-order valence-corrected chi connectivity index (χ3v) is 7.41. The van der Waals surface area contributed by atoms with Crippen molar-refractivity contribution in [3.05, 3.63) is 125 Å². The minimum Gasteiger partial charge on any atom is -0.319 e. The van der Waals surface area contributed by atoms with Crippen LogP contribution in [0.5, 0.6) is 0 Å². The monoisotopic (exact) mass is 508 g/mol. The molecule has 0 bridgehead atoms. The highest BCUT2D eigenvalue weighted by atomic mass is 35.5. The molecule has 0 aliphatic carbocycles. The van der Waals surface area contributed by atoms with Gasteiger partial charge in [-0.3, -0.25) is 9.10 Å². The highest BCUT2D eigenvalue weighted by molar-refractivity contribution is 7.92. The van der Waals surface area contributed by atoms with Crippen LogP contribution < -0.4 is 9.62 Å². The lowest BCUT2D eigenvalue weighted by Crippen LogP contribution is -2.32. The summed E-state index contributed by atoms with van der Waals surface area (Å²) in [5.74, 6) is -1.23. The van der Waals surface area contributed by atoms with E-state index in [1.54, 1.807) is 60.7 Å². The number of nitrogens with zero attached hydrogens (tertiary/aromatic N) is 1. The fourth-order valence-corrected chi connectivity index (χ4v) is 5.13. The van der Waals surface area contributed by atoms with Crippen LogP contribution in [0.4, 0.5) is 15.8 Å². The maximum atomic E-state index is 14.2. The molecule has 0 radical (unpaired) electrons. The zero-order valence-electron chi connectivity index (χ0n) is 18.8. The molecule has 178 valence electrons. The molecular formula is C27H22ClFN2O3S. The van der Waals surface area contributed by atoms with Crippen molar-refractivity contribution in [1.82, 2.24) is 0 Å². The number of halogens is 2. The lowest BCUT2D eigenvalue weighted by atomic mass is 10.1. The second-order valence-corrected chi connectivity index (χ2v) is 10.2. The average Bonchev–Trinajstić information content (AvgIpc) is 2.85. The number of benzene rings is 4. The maximum absolute atomic E-state index is 14.2. The Morgan fingerprint density at radius 3 is 2.20 bits per heavy atom. The van der Waals surface area contributed by atoms with E-state index in [1.807, 2.05) is 6.92 Å². The van der Waals surface area contributed by atoms with Crippen LogP contribution in [0, 0.1) is 12.7 Å². The number of hydrogen-bond donors (Lipinski definition) is 1. The summed E-state index contributed by atoms with van der Waals surface area (Å²) in [5, 5.41) is 3.06. The van der Waals surface area contributed by atoms with E-state index in [0.29, 0.717) is 10.6 Å². The van der Waals surface area contributed by atoms with Gasteiger partial charge in [0.05, 0.1) is 28.4 Å². The normalized spacial score (nSPS) is 11.2. The van der Waals surface area contributed by atoms with Gasteiger partial charge >= 0.3 is 0 Å². The molecule has 35 heavy (non-hydrogen) atoms. The van der Waals surface area contributed by atoms with E-state index >= 15 is 0 Å². The molecule has 0 spiro atoms. The molecule has 0 saturated heterocycles. The lowest BCUT2D eigenvalue weighted by molar-refractivity contribution is 0.102. The van der Waals surface area contributed by atoms with Crippen molar-refractivity contribution in [2.75, 3.05) is 9.62 Å². The molecule has 4 aromatic carbocycles. The summed E-state index contributed by atoms with van der Waals surface area (Å²) in [5.41, 5.74) is 1.84. The second kappa shape index (κ2) is 10.3. The second-order valence-electron chi connectivity index (χ2n) is 7.90. The molecule has 0 fully saturated rings. The van der Waals surface area contributed by atoms with E-state index < -0.39 is 21.7 Å². The highest BCUT2D eigenvalue weighted by Gasteiger charge is 2.29. The first kappa shape index (κ1) is 24.4. The number of anilines is 2. The summed E-state index contributed by atoms with van der Waals surface area (Å²) >= 11 is 6.01. The van der Waals surface area contributed by atoms with Gasteiger partial charge in [-0.2, -0.15) is 0 Å². The van der Waals surface area contributed by atoms with E-state index in [1.165, 1.54) is 40.7 Å². The van der Waals surface area contributed by atoms with Gasteiger partial charge < -0.3 is 5.32 Å². The molecule has 0 aliphatic heterocycles. The zero-order chi connectivity index (χ0) is 25.0. The molecule has 0 atom stereocenters. The molecule has 1 amide bonds. The maximum Gasteiger partial charge on any atom is 0.264 e. The Balaban J connectivity index is 1.80. The van der Waals surface area contributed by atoms with Gasteiger partial charge in [0.2, 0.25) is 0 Å². The van der Waals surface area contributed by atoms with Crippen LogP contribution in [0.3, 0.4) is 0 Å². The molecule has 1 N–H and O–H groups in total. The van der Waals surface area contributed by atoms with Gasteiger partial charge in [0.1, 0.15) is 5.82 Å². The summed E-state index contributed by atoms with van der Waals surface area (Å²) in [7, 11) is -4.07. The van der Waals surface area contributed by atoms with E-state index in [2.05, 4.69) is 5.32 Å². The molecule has 5 nitrogen and oxygen atoms in total. The number of nitrogens with one attached hydrogen (secondary N) is 1. The number of hydrogen-bond acceptors (Lipinski definition) is 3.